The van der Waals surface area contributed by atoms with E-state index in [1.54, 1.807) is 0 Å². The number of anilines is 4. The number of nitrogens with zero attached hydrogens (tertiary/aromatic N) is 3. The van der Waals surface area contributed by atoms with Crippen LogP contribution in [0.3, 0.4) is 0 Å². The quantitative estimate of drug-likeness (QED) is 0.703. The second kappa shape index (κ2) is 7.59. The zero-order valence-corrected chi connectivity index (χ0v) is 15.2. The number of carbonyl (C=O) groups is 2. The number of morpholine rings is 1. The van der Waals surface area contributed by atoms with Crippen molar-refractivity contribution in [1.29, 1.82) is 0 Å². The third kappa shape index (κ3) is 3.81. The van der Waals surface area contributed by atoms with Gasteiger partial charge in [-0.1, -0.05) is 0 Å². The number of benzene rings is 1. The Morgan fingerprint density at radius 2 is 2.00 bits per heavy atom. The Labute approximate surface area is 164 Å². The lowest BCUT2D eigenvalue weighted by atomic mass is 9.92. The fourth-order valence-electron chi connectivity index (χ4n) is 3.32. The highest BCUT2D eigenvalue weighted by Crippen LogP contribution is 2.36. The molecular weight excluding hydrogens is 386 g/mol. The minimum absolute atomic E-state index is 0.0610. The molecule has 0 aliphatic carbocycles. The molecule has 2 aromatic rings. The van der Waals surface area contributed by atoms with Crippen molar-refractivity contribution in [2.24, 2.45) is 0 Å². The van der Waals surface area contributed by atoms with Crippen LogP contribution in [0.25, 0.3) is 0 Å². The Balaban J connectivity index is 1.63. The summed E-state index contributed by atoms with van der Waals surface area (Å²) in [6, 6.07) is 2.98. The summed E-state index contributed by atoms with van der Waals surface area (Å²) in [5.41, 5.74) is 6.46. The first-order valence-electron chi connectivity index (χ1n) is 8.98. The normalized spacial score (nSPS) is 18.8. The first kappa shape index (κ1) is 19.0. The van der Waals surface area contributed by atoms with Gasteiger partial charge in [-0.3, -0.25) is 9.59 Å². The van der Waals surface area contributed by atoms with Gasteiger partial charge >= 0.3 is 0 Å². The molecule has 3 heterocycles. The monoisotopic (exact) mass is 404 g/mol. The van der Waals surface area contributed by atoms with Crippen LogP contribution >= 0.6 is 0 Å². The van der Waals surface area contributed by atoms with Gasteiger partial charge in [0.15, 0.2) is 11.6 Å². The van der Waals surface area contributed by atoms with Crippen LogP contribution in [-0.4, -0.2) is 48.1 Å². The van der Waals surface area contributed by atoms with Gasteiger partial charge in [-0.05, 0) is 12.1 Å². The zero-order chi connectivity index (χ0) is 20.5. The van der Waals surface area contributed by atoms with Crippen LogP contribution in [-0.2, 0) is 14.3 Å². The highest BCUT2D eigenvalue weighted by molar-refractivity contribution is 6.05. The van der Waals surface area contributed by atoms with E-state index in [1.165, 1.54) is 6.07 Å². The molecule has 1 atom stereocenters. The Morgan fingerprint density at radius 3 is 2.72 bits per heavy atom. The van der Waals surface area contributed by atoms with Gasteiger partial charge < -0.3 is 26.0 Å². The van der Waals surface area contributed by atoms with Crippen molar-refractivity contribution >= 4 is 35.1 Å². The van der Waals surface area contributed by atoms with Gasteiger partial charge in [0, 0.05) is 31.3 Å². The second-order valence-electron chi connectivity index (χ2n) is 6.69. The number of ether oxygens (including phenoxy) is 1. The summed E-state index contributed by atoms with van der Waals surface area (Å²) in [5.74, 6) is -3.52. The third-order valence-corrected chi connectivity index (χ3v) is 4.76. The molecule has 1 saturated heterocycles. The molecule has 4 rings (SSSR count). The van der Waals surface area contributed by atoms with E-state index in [0.717, 1.165) is 12.1 Å². The van der Waals surface area contributed by atoms with Gasteiger partial charge in [-0.2, -0.15) is 9.97 Å². The summed E-state index contributed by atoms with van der Waals surface area (Å²) < 4.78 is 31.8. The number of nitrogen functional groups attached to an aromatic ring is 1. The Morgan fingerprint density at radius 1 is 1.24 bits per heavy atom. The molecular formula is C18H18F2N6O3. The number of nitrogens with two attached hydrogens (primary N) is 1. The average Bonchev–Trinajstić information content (AvgIpc) is 2.70. The van der Waals surface area contributed by atoms with Gasteiger partial charge in [-0.15, -0.1) is 0 Å². The smallest absolute Gasteiger partial charge is 0.232 e. The number of hydrogen-bond acceptors (Lipinski definition) is 7. The van der Waals surface area contributed by atoms with E-state index in [0.29, 0.717) is 37.8 Å². The highest BCUT2D eigenvalue weighted by Gasteiger charge is 2.35. The predicted octanol–water partition coefficient (Wildman–Crippen LogP) is 1.24. The molecule has 1 aromatic heterocycles. The average molecular weight is 404 g/mol. The van der Waals surface area contributed by atoms with E-state index in [2.05, 4.69) is 20.6 Å². The van der Waals surface area contributed by atoms with Crippen LogP contribution in [0.2, 0.25) is 0 Å². The van der Waals surface area contributed by atoms with Gasteiger partial charge in [0.25, 0.3) is 0 Å². The minimum atomic E-state index is -1.09. The number of halogens is 2. The molecule has 0 unspecified atom stereocenters. The molecule has 2 aliphatic heterocycles. The van der Waals surface area contributed by atoms with Crippen LogP contribution in [0, 0.1) is 11.6 Å². The standard InChI is InChI=1S/C18H18F2N6O3/c19-11-2-1-9(7-12(11)20)22-17(28)10-8-13(27)23-16-14(10)15(21)24-18(25-16)26-3-5-29-6-4-26/h1-2,7,10H,3-6,8H2,(H,22,28)(H3,21,23,24,25,27)/t10-/m1/s1. The number of carbonyl (C=O) groups excluding carboxylic acids is 2. The van der Waals surface area contributed by atoms with E-state index < -0.39 is 29.4 Å². The Bertz CT molecular complexity index is 980. The fraction of sp³-hybridized carbons (Fsp3) is 0.333. The lowest BCUT2D eigenvalue weighted by molar-refractivity contribution is -0.123. The first-order valence-corrected chi connectivity index (χ1v) is 8.98. The Kier molecular flexibility index (Phi) is 4.97. The first-order chi connectivity index (χ1) is 13.9. The number of aromatic nitrogens is 2. The van der Waals surface area contributed by atoms with E-state index in [-0.39, 0.29) is 23.7 Å². The molecule has 2 aliphatic rings. The molecule has 0 saturated carbocycles. The topological polar surface area (TPSA) is 122 Å². The largest absolute Gasteiger partial charge is 0.383 e. The molecule has 1 aromatic carbocycles. The van der Waals surface area contributed by atoms with Crippen molar-refractivity contribution in [2.75, 3.05) is 47.6 Å². The summed E-state index contributed by atoms with van der Waals surface area (Å²) in [7, 11) is 0. The summed E-state index contributed by atoms with van der Waals surface area (Å²) in [6.07, 6.45) is -0.174. The SMILES string of the molecule is Nc1nc(N2CCOCC2)nc2c1[C@H](C(=O)Nc1ccc(F)c(F)c1)CC(=O)N2. The second-order valence-corrected chi connectivity index (χ2v) is 6.69. The van der Waals surface area contributed by atoms with E-state index >= 15 is 0 Å². The zero-order valence-electron chi connectivity index (χ0n) is 15.2. The van der Waals surface area contributed by atoms with Crippen LogP contribution < -0.4 is 21.3 Å². The van der Waals surface area contributed by atoms with Gasteiger partial charge in [0.1, 0.15) is 11.6 Å². The molecule has 0 radical (unpaired) electrons. The van der Waals surface area contributed by atoms with E-state index in [1.807, 2.05) is 4.90 Å². The molecule has 29 heavy (non-hydrogen) atoms. The highest BCUT2D eigenvalue weighted by atomic mass is 19.2. The number of amides is 2. The maximum atomic E-state index is 13.4. The van der Waals surface area contributed by atoms with Gasteiger partial charge in [0.05, 0.1) is 24.7 Å². The summed E-state index contributed by atoms with van der Waals surface area (Å²) >= 11 is 0. The molecule has 11 heteroatoms. The molecule has 9 nitrogen and oxygen atoms in total. The molecule has 0 spiro atoms. The van der Waals surface area contributed by atoms with Crippen molar-refractivity contribution in [3.05, 3.63) is 35.4 Å². The molecule has 2 amide bonds. The molecule has 1 fully saturated rings. The van der Waals surface area contributed by atoms with Crippen LogP contribution in [0.1, 0.15) is 17.9 Å². The maximum absolute atomic E-state index is 13.4. The van der Waals surface area contributed by atoms with Gasteiger partial charge in [0.2, 0.25) is 17.8 Å². The van der Waals surface area contributed by atoms with Crippen molar-refractivity contribution in [3.63, 3.8) is 0 Å². The van der Waals surface area contributed by atoms with Crippen LogP contribution in [0.4, 0.5) is 32.1 Å². The maximum Gasteiger partial charge on any atom is 0.232 e. The van der Waals surface area contributed by atoms with Crippen molar-refractivity contribution in [2.45, 2.75) is 12.3 Å². The van der Waals surface area contributed by atoms with E-state index in [4.69, 9.17) is 10.5 Å². The third-order valence-electron chi connectivity index (χ3n) is 4.76. The summed E-state index contributed by atoms with van der Waals surface area (Å²) in [6.45, 7) is 2.19. The van der Waals surface area contributed by atoms with Crippen molar-refractivity contribution in [3.8, 4) is 0 Å². The molecule has 0 bridgehead atoms. The number of nitrogens with one attached hydrogen (secondary N) is 2. The van der Waals surface area contributed by atoms with Crippen molar-refractivity contribution in [1.82, 2.24) is 9.97 Å². The number of rotatable bonds is 3. The number of hydrogen-bond donors (Lipinski definition) is 3. The van der Waals surface area contributed by atoms with Crippen LogP contribution in [0.5, 0.6) is 0 Å². The number of fused-ring (bicyclic) bond motifs is 1. The van der Waals surface area contributed by atoms with Gasteiger partial charge in [-0.25, -0.2) is 8.78 Å². The fourth-order valence-corrected chi connectivity index (χ4v) is 3.32. The van der Waals surface area contributed by atoms with Crippen molar-refractivity contribution < 1.29 is 23.1 Å². The summed E-state index contributed by atoms with van der Waals surface area (Å²) in [4.78, 5) is 35.5. The van der Waals surface area contributed by atoms with E-state index in [9.17, 15) is 18.4 Å². The Hall–Kier alpha value is -3.34. The van der Waals surface area contributed by atoms with Crippen LogP contribution in [0.15, 0.2) is 18.2 Å². The predicted molar refractivity (Wildman–Crippen MR) is 100 cm³/mol. The molecule has 152 valence electrons. The molecule has 4 N–H and O–H groups in total. The lowest BCUT2D eigenvalue weighted by Gasteiger charge is -2.30. The summed E-state index contributed by atoms with van der Waals surface area (Å²) in [5, 5.41) is 5.11. The minimum Gasteiger partial charge on any atom is -0.383 e. The lowest BCUT2D eigenvalue weighted by Crippen LogP contribution is -2.38.